The molecule has 0 bridgehead atoms. The Bertz CT molecular complexity index is 426. The number of ether oxygens (including phenoxy) is 2. The smallest absolute Gasteiger partial charge is 0.160 e. The summed E-state index contributed by atoms with van der Waals surface area (Å²) in [4.78, 5) is 0. The molecule has 2 aliphatic rings. The average molecular weight is 357 g/mol. The molecule has 3 nitrogen and oxygen atoms in total. The van der Waals surface area contributed by atoms with Gasteiger partial charge in [0, 0.05) is 23.0 Å². The van der Waals surface area contributed by atoms with Crippen LogP contribution in [0.15, 0.2) is 54.6 Å². The number of nitrogens with one attached hydrogen (secondary N) is 1. The Balaban J connectivity index is 0.000000188. The van der Waals surface area contributed by atoms with Gasteiger partial charge in [-0.2, -0.15) is 17.7 Å². The molecule has 0 unspecified atom stereocenters. The van der Waals surface area contributed by atoms with Crippen LogP contribution in [0.5, 0.6) is 0 Å². The third-order valence-electron chi connectivity index (χ3n) is 3.80. The molecule has 0 saturated carbocycles. The average Bonchev–Trinajstić information content (AvgIpc) is 3.33. The first-order valence-corrected chi connectivity index (χ1v) is 8.15. The third-order valence-corrected chi connectivity index (χ3v) is 3.80. The molecule has 4 heteroatoms. The van der Waals surface area contributed by atoms with Gasteiger partial charge in [-0.15, -0.1) is 0 Å². The summed E-state index contributed by atoms with van der Waals surface area (Å²) in [5.74, 6) is 0.638. The second-order valence-electron chi connectivity index (χ2n) is 5.62. The molecular formula is C19H27FeNO2-6. The van der Waals surface area contributed by atoms with Gasteiger partial charge in [0.25, 0.3) is 0 Å². The van der Waals surface area contributed by atoms with Gasteiger partial charge in [0.2, 0.25) is 0 Å². The number of rotatable bonds is 1. The first-order chi connectivity index (χ1) is 10.9. The number of hydrogen-bond acceptors (Lipinski definition) is 3. The van der Waals surface area contributed by atoms with Crippen molar-refractivity contribution in [2.24, 2.45) is 5.92 Å². The fraction of sp³-hybridized carbons (Fsp3) is 0.474. The molecule has 0 atom stereocenters. The summed E-state index contributed by atoms with van der Waals surface area (Å²) in [7, 11) is 0. The Morgan fingerprint density at radius 1 is 0.913 bits per heavy atom. The molecule has 2 aromatic rings. The van der Waals surface area contributed by atoms with E-state index >= 15 is 0 Å². The van der Waals surface area contributed by atoms with E-state index in [4.69, 9.17) is 9.47 Å². The molecule has 0 spiro atoms. The second-order valence-corrected chi connectivity index (χ2v) is 5.62. The van der Waals surface area contributed by atoms with Crippen molar-refractivity contribution in [1.29, 1.82) is 0 Å². The zero-order chi connectivity index (χ0) is 15.5. The van der Waals surface area contributed by atoms with E-state index in [1.807, 2.05) is 42.5 Å². The number of piperidine rings is 1. The first kappa shape index (κ1) is 20.1. The standard InChI is InChI=1S/C8H15NO2.C6H7.C5H5.Fe/c1-3-9-4-2-7(1)8-10-5-6-11-8;1-6-4-2-3-5-6;1-2-4-5-3-1;/h7-9H,1-6H2;2-5H,1H3;1-5H;/q;-1;-5;. The molecule has 2 heterocycles. The largest absolute Gasteiger partial charge is 0.748 e. The maximum Gasteiger partial charge on any atom is 0.160 e. The number of aryl methyl sites for hydroxylation is 1. The summed E-state index contributed by atoms with van der Waals surface area (Å²) in [5, 5.41) is 3.33. The van der Waals surface area contributed by atoms with Crippen molar-refractivity contribution in [1.82, 2.24) is 5.32 Å². The molecule has 0 aliphatic carbocycles. The van der Waals surface area contributed by atoms with Crippen molar-refractivity contribution in [3.05, 3.63) is 60.2 Å². The van der Waals surface area contributed by atoms with Gasteiger partial charge >= 0.3 is 0 Å². The zero-order valence-corrected chi connectivity index (χ0v) is 14.9. The van der Waals surface area contributed by atoms with Gasteiger partial charge in [-0.25, -0.2) is 12.1 Å². The van der Waals surface area contributed by atoms with E-state index in [0.717, 1.165) is 26.3 Å². The molecule has 0 amide bonds. The van der Waals surface area contributed by atoms with E-state index in [-0.39, 0.29) is 23.4 Å². The second kappa shape index (κ2) is 12.5. The summed E-state index contributed by atoms with van der Waals surface area (Å²) in [6, 6.07) is 18.2. The monoisotopic (exact) mass is 357 g/mol. The zero-order valence-electron chi connectivity index (χ0n) is 13.8. The fourth-order valence-electron chi connectivity index (χ4n) is 2.56. The Morgan fingerprint density at radius 2 is 1.39 bits per heavy atom. The maximum absolute atomic E-state index is 5.44. The summed E-state index contributed by atoms with van der Waals surface area (Å²) >= 11 is 0. The van der Waals surface area contributed by atoms with Gasteiger partial charge in [0.1, 0.15) is 0 Å². The Kier molecular flexibility index (Phi) is 11.0. The molecular weight excluding hydrogens is 330 g/mol. The SMILES string of the molecule is C1CC(C2OCCO2)CCN1.C[c-]1cccc1.[Fe].[cH-]1[cH-][cH-][cH-][cH-]1. The summed E-state index contributed by atoms with van der Waals surface area (Å²) in [6.07, 6.45) is 2.51. The molecule has 134 valence electrons. The summed E-state index contributed by atoms with van der Waals surface area (Å²) < 4.78 is 10.9. The van der Waals surface area contributed by atoms with E-state index in [1.54, 1.807) is 0 Å². The Hall–Kier alpha value is -0.901. The van der Waals surface area contributed by atoms with Gasteiger partial charge in [0.05, 0.1) is 13.2 Å². The first-order valence-electron chi connectivity index (χ1n) is 8.15. The Morgan fingerprint density at radius 3 is 1.78 bits per heavy atom. The minimum absolute atomic E-state index is 0. The van der Waals surface area contributed by atoms with Gasteiger partial charge in [0.15, 0.2) is 6.29 Å². The molecule has 0 aromatic heterocycles. The van der Waals surface area contributed by atoms with Crippen LogP contribution in [0.2, 0.25) is 0 Å². The van der Waals surface area contributed by atoms with Crippen molar-refractivity contribution in [2.45, 2.75) is 26.1 Å². The van der Waals surface area contributed by atoms with Crippen LogP contribution in [0.1, 0.15) is 18.4 Å². The molecule has 1 N–H and O–H groups in total. The van der Waals surface area contributed by atoms with Crippen molar-refractivity contribution in [3.8, 4) is 0 Å². The van der Waals surface area contributed by atoms with Gasteiger partial charge < -0.3 is 45.1 Å². The third kappa shape index (κ3) is 8.50. The molecule has 2 aromatic carbocycles. The van der Waals surface area contributed by atoms with Gasteiger partial charge in [-0.1, -0.05) is 6.92 Å². The summed E-state index contributed by atoms with van der Waals surface area (Å²) in [5.41, 5.74) is 1.34. The van der Waals surface area contributed by atoms with E-state index < -0.39 is 0 Å². The Labute approximate surface area is 150 Å². The summed E-state index contributed by atoms with van der Waals surface area (Å²) in [6.45, 7) is 5.89. The topological polar surface area (TPSA) is 30.5 Å². The fourth-order valence-corrected chi connectivity index (χ4v) is 2.56. The van der Waals surface area contributed by atoms with E-state index in [9.17, 15) is 0 Å². The van der Waals surface area contributed by atoms with Crippen molar-refractivity contribution in [2.75, 3.05) is 26.3 Å². The molecule has 2 saturated heterocycles. The maximum atomic E-state index is 5.44. The molecule has 4 rings (SSSR count). The van der Waals surface area contributed by atoms with E-state index in [0.29, 0.717) is 5.92 Å². The predicted octanol–water partition coefficient (Wildman–Crippen LogP) is 3.48. The van der Waals surface area contributed by atoms with Crippen LogP contribution in [0, 0.1) is 12.8 Å². The van der Waals surface area contributed by atoms with Crippen LogP contribution in [0.25, 0.3) is 0 Å². The van der Waals surface area contributed by atoms with Gasteiger partial charge in [-0.05, 0) is 25.9 Å². The van der Waals surface area contributed by atoms with Crippen LogP contribution in [-0.4, -0.2) is 32.6 Å². The van der Waals surface area contributed by atoms with Crippen LogP contribution in [0.4, 0.5) is 0 Å². The van der Waals surface area contributed by atoms with Crippen molar-refractivity contribution >= 4 is 0 Å². The van der Waals surface area contributed by atoms with Crippen molar-refractivity contribution < 1.29 is 26.5 Å². The minimum atomic E-state index is 0. The molecule has 2 fully saturated rings. The van der Waals surface area contributed by atoms with Crippen LogP contribution >= 0.6 is 0 Å². The van der Waals surface area contributed by atoms with Crippen molar-refractivity contribution in [3.63, 3.8) is 0 Å². The molecule has 2 aliphatic heterocycles. The minimum Gasteiger partial charge on any atom is -0.748 e. The normalized spacial score (nSPS) is 18.1. The van der Waals surface area contributed by atoms with Gasteiger partial charge in [-0.3, -0.25) is 0 Å². The number of hydrogen-bond donors (Lipinski definition) is 1. The predicted molar refractivity (Wildman–Crippen MR) is 90.1 cm³/mol. The molecule has 0 radical (unpaired) electrons. The molecule has 23 heavy (non-hydrogen) atoms. The van der Waals surface area contributed by atoms with Crippen LogP contribution in [0.3, 0.4) is 0 Å². The van der Waals surface area contributed by atoms with Crippen LogP contribution < -0.4 is 5.32 Å². The van der Waals surface area contributed by atoms with Crippen LogP contribution in [-0.2, 0) is 26.5 Å². The quantitative estimate of drug-likeness (QED) is 0.626. The van der Waals surface area contributed by atoms with E-state index in [2.05, 4.69) is 24.4 Å². The van der Waals surface area contributed by atoms with E-state index in [1.165, 1.54) is 18.4 Å².